The van der Waals surface area contributed by atoms with Crippen molar-refractivity contribution in [3.63, 3.8) is 0 Å². The zero-order valence-corrected chi connectivity index (χ0v) is 9.99. The fraction of sp³-hybridized carbons (Fsp3) is 0.429. The van der Waals surface area contributed by atoms with Crippen molar-refractivity contribution in [2.24, 2.45) is 5.92 Å². The Hall–Kier alpha value is -1.24. The molecule has 80 valence electrons. The topological polar surface area (TPSA) is 3.24 Å². The minimum atomic E-state index is 0.559. The smallest absolute Gasteiger partial charge is 0.0442 e. The van der Waals surface area contributed by atoms with E-state index in [2.05, 4.69) is 63.1 Å². The molecule has 2 rings (SSSR count). The van der Waals surface area contributed by atoms with E-state index in [0.29, 0.717) is 12.0 Å². The van der Waals surface area contributed by atoms with Crippen molar-refractivity contribution in [2.45, 2.75) is 26.8 Å². The Labute approximate surface area is 92.4 Å². The van der Waals surface area contributed by atoms with Crippen molar-refractivity contribution in [3.8, 4) is 0 Å². The zero-order valence-electron chi connectivity index (χ0n) is 9.99. The normalized spacial score (nSPS) is 25.6. The highest BCUT2D eigenvalue weighted by atomic mass is 15.1. The molecule has 2 atom stereocenters. The van der Waals surface area contributed by atoms with Crippen LogP contribution in [0.2, 0.25) is 0 Å². The second-order valence-corrected chi connectivity index (χ2v) is 4.58. The van der Waals surface area contributed by atoms with Gasteiger partial charge in [-0.15, -0.1) is 0 Å². The number of hydrogen-bond donors (Lipinski definition) is 0. The van der Waals surface area contributed by atoms with Crippen molar-refractivity contribution in [1.82, 2.24) is 0 Å². The first-order valence-corrected chi connectivity index (χ1v) is 5.62. The third-order valence-electron chi connectivity index (χ3n) is 3.59. The van der Waals surface area contributed by atoms with Crippen LogP contribution in [0.1, 0.15) is 26.3 Å². The highest BCUT2D eigenvalue weighted by molar-refractivity contribution is 5.77. The number of anilines is 1. The molecule has 0 fully saturated rings. The highest BCUT2D eigenvalue weighted by Gasteiger charge is 2.21. The summed E-state index contributed by atoms with van der Waals surface area (Å²) in [5, 5.41) is 0. The lowest BCUT2D eigenvalue weighted by molar-refractivity contribution is 0.556. The molecule has 1 heterocycles. The average molecular weight is 201 g/mol. The molecule has 0 saturated heterocycles. The molecule has 0 aromatic heterocycles. The lowest BCUT2D eigenvalue weighted by Crippen LogP contribution is -2.32. The molecule has 1 nitrogen and oxygen atoms in total. The van der Waals surface area contributed by atoms with E-state index in [-0.39, 0.29) is 0 Å². The first kappa shape index (κ1) is 10.3. The average Bonchev–Trinajstić information content (AvgIpc) is 2.33. The Morgan fingerprint density at radius 3 is 2.53 bits per heavy atom. The van der Waals surface area contributed by atoms with Gasteiger partial charge in [-0.2, -0.15) is 0 Å². The number of rotatable bonds is 0. The van der Waals surface area contributed by atoms with Gasteiger partial charge in [-0.3, -0.25) is 0 Å². The number of allylic oxidation sites excluding steroid dienone is 1. The lowest BCUT2D eigenvalue weighted by atomic mass is 10.0. The van der Waals surface area contributed by atoms with Crippen molar-refractivity contribution < 1.29 is 0 Å². The van der Waals surface area contributed by atoms with E-state index >= 15 is 0 Å². The predicted molar refractivity (Wildman–Crippen MR) is 67.1 cm³/mol. The van der Waals surface area contributed by atoms with Crippen LogP contribution in [0.5, 0.6) is 0 Å². The van der Waals surface area contributed by atoms with Crippen molar-refractivity contribution in [2.75, 3.05) is 11.9 Å². The van der Waals surface area contributed by atoms with Crippen LogP contribution >= 0.6 is 0 Å². The summed E-state index contributed by atoms with van der Waals surface area (Å²) in [6, 6.07) is 9.21. The fourth-order valence-corrected chi connectivity index (χ4v) is 2.31. The minimum absolute atomic E-state index is 0.559. The third-order valence-corrected chi connectivity index (χ3v) is 3.59. The monoisotopic (exact) mass is 201 g/mol. The third kappa shape index (κ3) is 1.67. The first-order valence-electron chi connectivity index (χ1n) is 5.62. The number of benzene rings is 1. The van der Waals surface area contributed by atoms with Crippen LogP contribution < -0.4 is 4.90 Å². The summed E-state index contributed by atoms with van der Waals surface area (Å²) in [6.07, 6.45) is 2.38. The molecule has 0 radical (unpaired) electrons. The molecule has 1 heteroatoms. The molecular formula is C14H19N. The molecule has 0 amide bonds. The summed E-state index contributed by atoms with van der Waals surface area (Å²) < 4.78 is 0. The molecular weight excluding hydrogens is 182 g/mol. The van der Waals surface area contributed by atoms with Gasteiger partial charge in [-0.25, -0.2) is 0 Å². The molecule has 0 bridgehead atoms. The van der Waals surface area contributed by atoms with Crippen LogP contribution in [0.3, 0.4) is 0 Å². The number of fused-ring (bicyclic) bond motifs is 1. The Bertz CT molecular complexity index is 392. The molecule has 15 heavy (non-hydrogen) atoms. The van der Waals surface area contributed by atoms with E-state index in [9.17, 15) is 0 Å². The first-order chi connectivity index (χ1) is 7.11. The van der Waals surface area contributed by atoms with Crippen LogP contribution in [0.4, 0.5) is 5.69 Å². The van der Waals surface area contributed by atoms with Gasteiger partial charge in [0, 0.05) is 24.3 Å². The van der Waals surface area contributed by atoms with Gasteiger partial charge < -0.3 is 4.90 Å². The number of para-hydroxylation sites is 1. The number of nitrogens with zero attached hydrogens (tertiary/aromatic N) is 1. The molecule has 0 aliphatic carbocycles. The van der Waals surface area contributed by atoms with E-state index in [1.807, 2.05) is 0 Å². The maximum atomic E-state index is 2.38. The highest BCUT2D eigenvalue weighted by Crippen LogP contribution is 2.33. The summed E-state index contributed by atoms with van der Waals surface area (Å²) in [5.41, 5.74) is 4.12. The van der Waals surface area contributed by atoms with Crippen LogP contribution in [-0.2, 0) is 0 Å². The van der Waals surface area contributed by atoms with E-state index in [1.54, 1.807) is 0 Å². The van der Waals surface area contributed by atoms with Gasteiger partial charge in [0.25, 0.3) is 0 Å². The Morgan fingerprint density at radius 1 is 1.13 bits per heavy atom. The Morgan fingerprint density at radius 2 is 1.80 bits per heavy atom. The molecule has 0 unspecified atom stereocenters. The Balaban J connectivity index is 2.58. The van der Waals surface area contributed by atoms with Crippen LogP contribution in [0, 0.1) is 5.92 Å². The minimum Gasteiger partial charge on any atom is -0.371 e. The van der Waals surface area contributed by atoms with Crippen LogP contribution in [0.15, 0.2) is 30.3 Å². The summed E-state index contributed by atoms with van der Waals surface area (Å²) in [6.45, 7) is 6.79. The van der Waals surface area contributed by atoms with Gasteiger partial charge in [0.05, 0.1) is 0 Å². The summed E-state index contributed by atoms with van der Waals surface area (Å²) >= 11 is 0. The van der Waals surface area contributed by atoms with Crippen LogP contribution in [-0.4, -0.2) is 13.1 Å². The quantitative estimate of drug-likeness (QED) is 0.620. The standard InChI is InChI=1S/C14H19N/c1-10-9-11(2)13-7-5-6-8-14(13)15(4)12(10)3/h5-10,12H,1-4H3/t10-,12+/m0/s1. The molecule has 0 N–H and O–H groups in total. The van der Waals surface area contributed by atoms with Crippen molar-refractivity contribution >= 4 is 11.3 Å². The molecule has 0 spiro atoms. The fourth-order valence-electron chi connectivity index (χ4n) is 2.31. The lowest BCUT2D eigenvalue weighted by Gasteiger charge is -2.29. The Kier molecular flexibility index (Phi) is 2.56. The molecule has 1 aliphatic heterocycles. The van der Waals surface area contributed by atoms with Crippen molar-refractivity contribution in [1.29, 1.82) is 0 Å². The maximum absolute atomic E-state index is 2.38. The van der Waals surface area contributed by atoms with Crippen LogP contribution in [0.25, 0.3) is 5.57 Å². The van der Waals surface area contributed by atoms with E-state index in [1.165, 1.54) is 16.8 Å². The second kappa shape index (κ2) is 3.73. The molecule has 1 aliphatic rings. The van der Waals surface area contributed by atoms with Gasteiger partial charge in [-0.05, 0) is 31.4 Å². The summed E-state index contributed by atoms with van der Waals surface area (Å²) in [7, 11) is 2.19. The second-order valence-electron chi connectivity index (χ2n) is 4.58. The molecule has 0 saturated carbocycles. The van der Waals surface area contributed by atoms with Crippen molar-refractivity contribution in [3.05, 3.63) is 35.9 Å². The van der Waals surface area contributed by atoms with E-state index in [4.69, 9.17) is 0 Å². The van der Waals surface area contributed by atoms with E-state index in [0.717, 1.165) is 0 Å². The van der Waals surface area contributed by atoms with Gasteiger partial charge in [0.1, 0.15) is 0 Å². The van der Waals surface area contributed by atoms with Gasteiger partial charge in [0.2, 0.25) is 0 Å². The summed E-state index contributed by atoms with van der Waals surface area (Å²) in [5.74, 6) is 0.599. The summed E-state index contributed by atoms with van der Waals surface area (Å²) in [4.78, 5) is 2.38. The van der Waals surface area contributed by atoms with E-state index < -0.39 is 0 Å². The maximum Gasteiger partial charge on any atom is 0.0442 e. The van der Waals surface area contributed by atoms with Gasteiger partial charge in [-0.1, -0.05) is 31.2 Å². The molecule has 1 aromatic carbocycles. The van der Waals surface area contributed by atoms with Gasteiger partial charge >= 0.3 is 0 Å². The van der Waals surface area contributed by atoms with Gasteiger partial charge in [0.15, 0.2) is 0 Å². The largest absolute Gasteiger partial charge is 0.371 e. The number of hydrogen-bond acceptors (Lipinski definition) is 1. The zero-order chi connectivity index (χ0) is 11.0. The predicted octanol–water partition coefficient (Wildman–Crippen LogP) is 3.56. The molecule has 1 aromatic rings. The SMILES string of the molecule is CC1=C[C@H](C)[C@@H](C)N(C)c2ccccc21.